The highest BCUT2D eigenvalue weighted by molar-refractivity contribution is 5.78. The Morgan fingerprint density at radius 3 is 2.72 bits per heavy atom. The summed E-state index contributed by atoms with van der Waals surface area (Å²) in [5.74, 6) is 1.72. The lowest BCUT2D eigenvalue weighted by atomic mass is 9.87. The average molecular weight is 431 g/mol. The first-order chi connectivity index (χ1) is 15.3. The molecule has 3 heteroatoms. The minimum absolute atomic E-state index is 0.494. The van der Waals surface area contributed by atoms with E-state index in [9.17, 15) is 4.79 Å². The van der Waals surface area contributed by atoms with Crippen LogP contribution in [0.1, 0.15) is 68.4 Å². The Morgan fingerprint density at radius 1 is 1.19 bits per heavy atom. The van der Waals surface area contributed by atoms with Gasteiger partial charge in [-0.15, -0.1) is 0 Å². The lowest BCUT2D eigenvalue weighted by Crippen LogP contribution is -2.22. The number of benzene rings is 1. The average Bonchev–Trinajstić information content (AvgIpc) is 3.15. The highest BCUT2D eigenvalue weighted by Gasteiger charge is 2.27. The number of hydrogen-bond donors (Lipinski definition) is 0. The topological polar surface area (TPSA) is 23.6 Å². The van der Waals surface area contributed by atoms with Crippen LogP contribution in [-0.2, 0) is 6.42 Å². The van der Waals surface area contributed by atoms with Crippen LogP contribution in [0.5, 0.6) is 0 Å². The predicted octanol–water partition coefficient (Wildman–Crippen LogP) is 6.45. The summed E-state index contributed by atoms with van der Waals surface area (Å²) in [6.45, 7) is 11.5. The van der Waals surface area contributed by atoms with Crippen LogP contribution in [0.4, 0.5) is 0 Å². The first-order valence-corrected chi connectivity index (χ1v) is 12.2. The van der Waals surface area contributed by atoms with Crippen molar-refractivity contribution in [2.75, 3.05) is 20.1 Å². The van der Waals surface area contributed by atoms with Crippen molar-refractivity contribution in [1.29, 1.82) is 0 Å². The second kappa shape index (κ2) is 9.62. The number of nitrogens with zero attached hydrogens (tertiary/aromatic N) is 2. The van der Waals surface area contributed by atoms with Gasteiger partial charge in [0.2, 0.25) is 0 Å². The van der Waals surface area contributed by atoms with Gasteiger partial charge < -0.3 is 9.80 Å². The second-order valence-electron chi connectivity index (χ2n) is 10.4. The van der Waals surface area contributed by atoms with E-state index >= 15 is 0 Å². The van der Waals surface area contributed by atoms with Crippen molar-refractivity contribution in [3.63, 3.8) is 0 Å². The number of likely N-dealkylation sites (tertiary alicyclic amines) is 1. The fourth-order valence-electron chi connectivity index (χ4n) is 5.73. The van der Waals surface area contributed by atoms with E-state index in [-0.39, 0.29) is 0 Å². The Bertz CT molecular complexity index is 996. The standard InChI is InChI=1S/C29H38N2O/c1-20-8-11-31-27(14-20)15-22(3)12-21(2)13-26-16-25(19-32)6-7-28(26)23(4)29(31)17-24-9-10-30(5)18-24/h6-8,11,14-16,19,21-22,24H,9-10,12-13,17-18H2,1-5H3/b27-15+,29-23+. The maximum Gasteiger partial charge on any atom is 0.150 e. The Morgan fingerprint density at radius 2 is 2.00 bits per heavy atom. The molecule has 3 nitrogen and oxygen atoms in total. The van der Waals surface area contributed by atoms with Crippen LogP contribution < -0.4 is 0 Å². The van der Waals surface area contributed by atoms with Gasteiger partial charge in [-0.1, -0.05) is 32.1 Å². The summed E-state index contributed by atoms with van der Waals surface area (Å²) in [4.78, 5) is 16.4. The number of fused-ring (bicyclic) bond motifs is 2. The largest absolute Gasteiger partial charge is 0.321 e. The van der Waals surface area contributed by atoms with Gasteiger partial charge in [0, 0.05) is 29.7 Å². The van der Waals surface area contributed by atoms with E-state index in [2.05, 4.69) is 81.1 Å². The Hall–Kier alpha value is -2.39. The van der Waals surface area contributed by atoms with Crippen LogP contribution in [0.25, 0.3) is 5.57 Å². The summed E-state index contributed by atoms with van der Waals surface area (Å²) in [5.41, 5.74) is 8.74. The van der Waals surface area contributed by atoms with Gasteiger partial charge in [0.25, 0.3) is 0 Å². The molecule has 1 saturated heterocycles. The summed E-state index contributed by atoms with van der Waals surface area (Å²) in [7, 11) is 2.23. The van der Waals surface area contributed by atoms with Crippen LogP contribution in [0.15, 0.2) is 59.6 Å². The number of carbonyl (C=O) groups is 1. The third-order valence-corrected chi connectivity index (χ3v) is 7.30. The van der Waals surface area contributed by atoms with Gasteiger partial charge in [-0.2, -0.15) is 0 Å². The molecule has 0 aromatic heterocycles. The van der Waals surface area contributed by atoms with Gasteiger partial charge in [-0.3, -0.25) is 4.79 Å². The number of rotatable bonds is 3. The molecule has 0 saturated carbocycles. The van der Waals surface area contributed by atoms with Gasteiger partial charge in [0.05, 0.1) is 0 Å². The maximum absolute atomic E-state index is 11.5. The number of allylic oxidation sites excluding steroid dienone is 6. The van der Waals surface area contributed by atoms with E-state index in [0.717, 1.165) is 37.7 Å². The van der Waals surface area contributed by atoms with Crippen molar-refractivity contribution in [3.05, 3.63) is 76.3 Å². The van der Waals surface area contributed by atoms with Crippen molar-refractivity contribution >= 4 is 11.9 Å². The summed E-state index contributed by atoms with van der Waals surface area (Å²) in [6.07, 6.45) is 14.8. The van der Waals surface area contributed by atoms with Crippen molar-refractivity contribution in [2.24, 2.45) is 17.8 Å². The van der Waals surface area contributed by atoms with Crippen LogP contribution in [0.2, 0.25) is 0 Å². The fourth-order valence-corrected chi connectivity index (χ4v) is 5.73. The third kappa shape index (κ3) is 4.99. The van der Waals surface area contributed by atoms with Gasteiger partial charge in [-0.25, -0.2) is 0 Å². The quantitative estimate of drug-likeness (QED) is 0.515. The minimum Gasteiger partial charge on any atom is -0.321 e. The molecule has 0 amide bonds. The monoisotopic (exact) mass is 430 g/mol. The zero-order valence-corrected chi connectivity index (χ0v) is 20.4. The van der Waals surface area contributed by atoms with E-state index < -0.39 is 0 Å². The minimum atomic E-state index is 0.494. The molecule has 3 atom stereocenters. The Kier molecular flexibility index (Phi) is 6.85. The summed E-state index contributed by atoms with van der Waals surface area (Å²) >= 11 is 0. The Labute approximate surface area is 194 Å². The van der Waals surface area contributed by atoms with E-state index in [1.54, 1.807) is 0 Å². The lowest BCUT2D eigenvalue weighted by molar-refractivity contribution is 0.112. The third-order valence-electron chi connectivity index (χ3n) is 7.30. The lowest BCUT2D eigenvalue weighted by Gasteiger charge is -2.32. The van der Waals surface area contributed by atoms with Crippen LogP contribution in [-0.4, -0.2) is 36.2 Å². The van der Waals surface area contributed by atoms with E-state index in [0.29, 0.717) is 17.8 Å². The first kappa shape index (κ1) is 22.8. The Balaban J connectivity index is 1.88. The van der Waals surface area contributed by atoms with Gasteiger partial charge in [0.1, 0.15) is 6.29 Å². The molecule has 32 heavy (non-hydrogen) atoms. The highest BCUT2D eigenvalue weighted by Crippen LogP contribution is 2.37. The van der Waals surface area contributed by atoms with Crippen molar-refractivity contribution in [1.82, 2.24) is 9.80 Å². The van der Waals surface area contributed by atoms with Crippen LogP contribution in [0.3, 0.4) is 0 Å². The molecule has 4 rings (SSSR count). The number of carbonyl (C=O) groups excluding carboxylic acids is 1. The van der Waals surface area contributed by atoms with E-state index in [4.69, 9.17) is 0 Å². The fraction of sp³-hybridized carbons (Fsp3) is 0.483. The maximum atomic E-state index is 11.5. The first-order valence-electron chi connectivity index (χ1n) is 12.2. The molecule has 170 valence electrons. The molecule has 3 heterocycles. The van der Waals surface area contributed by atoms with Crippen molar-refractivity contribution in [3.8, 4) is 0 Å². The molecular formula is C29H38N2O. The summed E-state index contributed by atoms with van der Waals surface area (Å²) in [5, 5.41) is 0. The predicted molar refractivity (Wildman–Crippen MR) is 134 cm³/mol. The van der Waals surface area contributed by atoms with Gasteiger partial charge in [0.15, 0.2) is 0 Å². The number of hydrogen-bond acceptors (Lipinski definition) is 3. The smallest absolute Gasteiger partial charge is 0.150 e. The van der Waals surface area contributed by atoms with Gasteiger partial charge in [-0.05, 0) is 111 Å². The molecule has 1 fully saturated rings. The highest BCUT2D eigenvalue weighted by atomic mass is 16.1. The molecule has 0 spiro atoms. The molecule has 0 aliphatic carbocycles. The zero-order valence-electron chi connectivity index (χ0n) is 20.4. The molecule has 1 aromatic carbocycles. The SMILES string of the molecule is CC1=C/C2=C\C(C)CC(C)Cc3cc(C=O)ccc3/C(C)=C(\CC3CCN(C)C3)N2C=C1. The van der Waals surface area contributed by atoms with E-state index in [1.165, 1.54) is 46.6 Å². The molecule has 3 aliphatic heterocycles. The molecule has 3 unspecified atom stereocenters. The number of aldehydes is 1. The van der Waals surface area contributed by atoms with Crippen LogP contribution >= 0.6 is 0 Å². The molecule has 3 aliphatic rings. The molecule has 0 radical (unpaired) electrons. The summed E-state index contributed by atoms with van der Waals surface area (Å²) in [6, 6.07) is 6.29. The molecule has 1 aromatic rings. The molecule has 0 bridgehead atoms. The van der Waals surface area contributed by atoms with Gasteiger partial charge >= 0.3 is 0 Å². The zero-order chi connectivity index (χ0) is 22.8. The van der Waals surface area contributed by atoms with Crippen molar-refractivity contribution in [2.45, 2.75) is 53.4 Å². The normalized spacial score (nSPS) is 30.7. The molecule has 0 N–H and O–H groups in total. The summed E-state index contributed by atoms with van der Waals surface area (Å²) < 4.78 is 0. The van der Waals surface area contributed by atoms with Crippen LogP contribution in [0, 0.1) is 17.8 Å². The van der Waals surface area contributed by atoms with E-state index in [1.807, 2.05) is 6.07 Å². The second-order valence-corrected chi connectivity index (χ2v) is 10.4. The molecular weight excluding hydrogens is 392 g/mol. The van der Waals surface area contributed by atoms with Crippen molar-refractivity contribution < 1.29 is 4.79 Å².